The summed E-state index contributed by atoms with van der Waals surface area (Å²) in [7, 11) is 0. The number of hydrogen-bond donors (Lipinski definition) is 0. The highest BCUT2D eigenvalue weighted by atomic mass is 16.6. The molecule has 0 radical (unpaired) electrons. The molecule has 0 fully saturated rings. The maximum Gasteiger partial charge on any atom is 0.182 e. The van der Waals surface area contributed by atoms with Crippen LogP contribution in [0.15, 0.2) is 121 Å². The molecule has 4 aromatic rings. The van der Waals surface area contributed by atoms with E-state index in [9.17, 15) is 5.21 Å². The number of hydroxylamine groups is 1. The first-order valence-electron chi connectivity index (χ1n) is 13.7. The van der Waals surface area contributed by atoms with Crippen LogP contribution in [0.1, 0.15) is 22.3 Å². The van der Waals surface area contributed by atoms with Crippen molar-refractivity contribution in [3.8, 4) is 0 Å². The summed E-state index contributed by atoms with van der Waals surface area (Å²) in [6.45, 7) is 1.49. The van der Waals surface area contributed by atoms with Gasteiger partial charge in [-0.15, -0.1) is 0 Å². The van der Waals surface area contributed by atoms with E-state index in [1.807, 2.05) is 121 Å². The molecule has 0 amide bonds. The van der Waals surface area contributed by atoms with Crippen LogP contribution in [0.4, 0.5) is 0 Å². The third kappa shape index (κ3) is 8.10. The highest BCUT2D eigenvalue weighted by molar-refractivity contribution is 5.59. The summed E-state index contributed by atoms with van der Waals surface area (Å²) in [6.07, 6.45) is -0.796. The van der Waals surface area contributed by atoms with E-state index >= 15 is 0 Å². The van der Waals surface area contributed by atoms with Gasteiger partial charge in [-0.25, -0.2) is 4.74 Å². The van der Waals surface area contributed by atoms with Gasteiger partial charge in [0.15, 0.2) is 18.9 Å². The first-order valence-corrected chi connectivity index (χ1v) is 13.7. The standard InChI is InChI=1S/C34H35NO5/c36-35-21-31(37-23-27-13-5-1-6-14-27)33(39-25-29-17-9-3-10-18-29)34(40-26-30-19-11-4-12-20-30)32(22-35)38-24-28-15-7-2-8-16-28/h1-21,31-34H,22-26H2/t31-,32-,33-,34-/m1/s1. The van der Waals surface area contributed by atoms with Crippen LogP contribution in [0.5, 0.6) is 0 Å². The Bertz CT molecular complexity index is 1300. The lowest BCUT2D eigenvalue weighted by atomic mass is 10.0. The molecule has 5 rings (SSSR count). The topological polar surface area (TPSA) is 63.0 Å². The first kappa shape index (κ1) is 27.7. The monoisotopic (exact) mass is 537 g/mol. The Kier molecular flexibility index (Phi) is 10.1. The highest BCUT2D eigenvalue weighted by Gasteiger charge is 2.43. The fourth-order valence-corrected chi connectivity index (χ4v) is 4.74. The summed E-state index contributed by atoms with van der Waals surface area (Å²) in [4.78, 5) is 0. The Morgan fingerprint density at radius 3 is 1.32 bits per heavy atom. The predicted molar refractivity (Wildman–Crippen MR) is 155 cm³/mol. The third-order valence-corrected chi connectivity index (χ3v) is 6.85. The van der Waals surface area contributed by atoms with E-state index in [1.165, 1.54) is 0 Å². The average Bonchev–Trinajstić information content (AvgIpc) is 3.14. The molecule has 0 saturated carbocycles. The average molecular weight is 538 g/mol. The Balaban J connectivity index is 1.42. The Morgan fingerprint density at radius 2 is 0.875 bits per heavy atom. The molecular formula is C34H35NO5. The zero-order chi connectivity index (χ0) is 27.4. The second-order valence-electron chi connectivity index (χ2n) is 9.87. The molecule has 4 aromatic carbocycles. The zero-order valence-electron chi connectivity index (χ0n) is 22.5. The van der Waals surface area contributed by atoms with Crippen molar-refractivity contribution in [2.45, 2.75) is 50.8 Å². The van der Waals surface area contributed by atoms with Crippen LogP contribution in [0.3, 0.4) is 0 Å². The van der Waals surface area contributed by atoms with Gasteiger partial charge in [-0.3, -0.25) is 0 Å². The summed E-state index contributed by atoms with van der Waals surface area (Å²) in [5.74, 6) is 0. The number of ether oxygens (including phenoxy) is 4. The van der Waals surface area contributed by atoms with E-state index in [4.69, 9.17) is 18.9 Å². The second kappa shape index (κ2) is 14.5. The van der Waals surface area contributed by atoms with Gasteiger partial charge >= 0.3 is 0 Å². The van der Waals surface area contributed by atoms with E-state index in [-0.39, 0.29) is 6.54 Å². The van der Waals surface area contributed by atoms with Gasteiger partial charge in [0, 0.05) is 0 Å². The number of benzene rings is 4. The van der Waals surface area contributed by atoms with E-state index in [1.54, 1.807) is 6.21 Å². The normalized spacial score (nSPS) is 20.9. The molecule has 40 heavy (non-hydrogen) atoms. The Hall–Kier alpha value is -3.81. The minimum absolute atomic E-state index is 0.0999. The summed E-state index contributed by atoms with van der Waals surface area (Å²) in [6, 6.07) is 39.8. The van der Waals surface area contributed by atoms with Crippen LogP contribution in [-0.2, 0) is 45.4 Å². The maximum atomic E-state index is 13.2. The summed E-state index contributed by atoms with van der Waals surface area (Å²) < 4.78 is 26.8. The minimum Gasteiger partial charge on any atom is -0.624 e. The number of rotatable bonds is 12. The van der Waals surface area contributed by atoms with Gasteiger partial charge < -0.3 is 24.2 Å². The molecule has 4 atom stereocenters. The van der Waals surface area contributed by atoms with Gasteiger partial charge in [-0.1, -0.05) is 121 Å². The summed E-state index contributed by atoms with van der Waals surface area (Å²) in [5, 5.41) is 13.2. The molecule has 0 spiro atoms. The van der Waals surface area contributed by atoms with Crippen LogP contribution in [0, 0.1) is 5.21 Å². The Morgan fingerprint density at radius 1 is 0.500 bits per heavy atom. The summed E-state index contributed by atoms with van der Waals surface area (Å²) in [5.41, 5.74) is 4.09. The van der Waals surface area contributed by atoms with Crippen LogP contribution in [0.2, 0.25) is 0 Å². The Labute approximate surface area is 236 Å². The fourth-order valence-electron chi connectivity index (χ4n) is 4.74. The van der Waals surface area contributed by atoms with Crippen molar-refractivity contribution < 1.29 is 23.7 Å². The third-order valence-electron chi connectivity index (χ3n) is 6.85. The highest BCUT2D eigenvalue weighted by Crippen LogP contribution is 2.24. The van der Waals surface area contributed by atoms with Crippen molar-refractivity contribution in [2.24, 2.45) is 0 Å². The van der Waals surface area contributed by atoms with Crippen LogP contribution >= 0.6 is 0 Å². The van der Waals surface area contributed by atoms with Crippen molar-refractivity contribution >= 4 is 6.21 Å². The van der Waals surface area contributed by atoms with Gasteiger partial charge in [0.05, 0.1) is 26.4 Å². The van der Waals surface area contributed by atoms with Crippen LogP contribution in [0.25, 0.3) is 0 Å². The molecule has 6 heteroatoms. The lowest BCUT2D eigenvalue weighted by molar-refractivity contribution is -0.469. The minimum atomic E-state index is -0.646. The van der Waals surface area contributed by atoms with Crippen molar-refractivity contribution in [2.75, 3.05) is 6.54 Å². The van der Waals surface area contributed by atoms with Gasteiger partial charge in [-0.2, -0.15) is 0 Å². The van der Waals surface area contributed by atoms with Crippen LogP contribution in [-0.4, -0.2) is 41.9 Å². The molecule has 1 aliphatic heterocycles. The van der Waals surface area contributed by atoms with E-state index in [2.05, 4.69) is 0 Å². The lowest BCUT2D eigenvalue weighted by Gasteiger charge is -2.33. The van der Waals surface area contributed by atoms with E-state index in [0.29, 0.717) is 26.4 Å². The van der Waals surface area contributed by atoms with Gasteiger partial charge in [0.25, 0.3) is 0 Å². The molecule has 0 aromatic heterocycles. The molecule has 1 aliphatic rings. The molecule has 0 N–H and O–H groups in total. The van der Waals surface area contributed by atoms with Gasteiger partial charge in [-0.05, 0) is 22.3 Å². The molecule has 0 bridgehead atoms. The summed E-state index contributed by atoms with van der Waals surface area (Å²) >= 11 is 0. The quantitative estimate of drug-likeness (QED) is 0.166. The van der Waals surface area contributed by atoms with Gasteiger partial charge in [0.1, 0.15) is 18.3 Å². The maximum absolute atomic E-state index is 13.2. The predicted octanol–water partition coefficient (Wildman–Crippen LogP) is 5.92. The van der Waals surface area contributed by atoms with Crippen LogP contribution < -0.4 is 0 Å². The second-order valence-corrected chi connectivity index (χ2v) is 9.87. The van der Waals surface area contributed by atoms with Gasteiger partial charge in [0.2, 0.25) is 0 Å². The first-order chi connectivity index (χ1) is 19.7. The molecule has 0 saturated heterocycles. The van der Waals surface area contributed by atoms with Crippen molar-refractivity contribution in [1.29, 1.82) is 0 Å². The molecule has 6 nitrogen and oxygen atoms in total. The fraction of sp³-hybridized carbons (Fsp3) is 0.265. The van der Waals surface area contributed by atoms with E-state index in [0.717, 1.165) is 27.0 Å². The van der Waals surface area contributed by atoms with E-state index < -0.39 is 24.4 Å². The molecular weight excluding hydrogens is 502 g/mol. The smallest absolute Gasteiger partial charge is 0.182 e. The molecule has 1 heterocycles. The van der Waals surface area contributed by atoms with Crippen molar-refractivity contribution in [3.63, 3.8) is 0 Å². The molecule has 0 unspecified atom stereocenters. The number of hydrogen-bond acceptors (Lipinski definition) is 5. The van der Waals surface area contributed by atoms with Crippen molar-refractivity contribution in [1.82, 2.24) is 0 Å². The van der Waals surface area contributed by atoms with Crippen molar-refractivity contribution in [3.05, 3.63) is 149 Å². The zero-order valence-corrected chi connectivity index (χ0v) is 22.5. The lowest BCUT2D eigenvalue weighted by Crippen LogP contribution is -2.49. The largest absolute Gasteiger partial charge is 0.624 e. The SMILES string of the molecule is [O-][N+]1=C[C@@H](OCc2ccccc2)[C@@H](OCc2ccccc2)[C@H](OCc2ccccc2)[C@H](OCc2ccccc2)C1. The molecule has 206 valence electrons. The number of nitrogens with zero attached hydrogens (tertiary/aromatic N) is 1. The molecule has 0 aliphatic carbocycles.